The molecule has 0 unspecified atom stereocenters. The van der Waals surface area contributed by atoms with Crippen LogP contribution >= 0.6 is 0 Å². The van der Waals surface area contributed by atoms with Crippen LogP contribution in [-0.2, 0) is 24.0 Å². The molecule has 0 aromatic rings. The molecule has 12 heteroatoms. The van der Waals surface area contributed by atoms with Gasteiger partial charge in [0, 0.05) is 0 Å². The van der Waals surface area contributed by atoms with Gasteiger partial charge in [0.1, 0.15) is 24.2 Å². The minimum Gasteiger partial charge on any atom is -0.480 e. The minimum atomic E-state index is -1.50. The molecule has 0 rings (SSSR count). The van der Waals surface area contributed by atoms with Crippen molar-refractivity contribution in [3.8, 4) is 0 Å². The number of hydrogen-bond donors (Lipinski definition) is 7. The molecule has 0 aliphatic rings. The van der Waals surface area contributed by atoms with Crippen LogP contribution < -0.4 is 27.0 Å². The Balaban J connectivity index is 4.59. The zero-order chi connectivity index (χ0) is 21.3. The summed E-state index contributed by atoms with van der Waals surface area (Å²) in [5.41, 5.74) is 5.38. The lowest BCUT2D eigenvalue weighted by atomic mass is 10.2. The van der Waals surface area contributed by atoms with Crippen LogP contribution in [0.5, 0.6) is 0 Å². The number of carbonyl (C=O) groups is 5. The Kier molecular flexibility index (Phi) is 9.96. The van der Waals surface area contributed by atoms with E-state index in [0.29, 0.717) is 0 Å². The Bertz CT molecular complexity index is 581. The van der Waals surface area contributed by atoms with Gasteiger partial charge in [0.25, 0.3) is 0 Å². The standard InChI is InChI=1S/C15H27N5O7/c1-6(16)11(22)17-7(2)12(23)18-8(3)13(24)19-9(4)14(25)20-10(5-21)15(26)27/h6-10,21H,5,16H2,1-4H3,(H,17,22)(H,18,23)(H,19,24)(H,20,25)(H,26,27)/t6-,7-,8-,9-,10-/m0/s1. The number of aliphatic hydroxyl groups is 1. The van der Waals surface area contributed by atoms with Crippen molar-refractivity contribution in [2.45, 2.75) is 57.9 Å². The van der Waals surface area contributed by atoms with Gasteiger partial charge in [0.2, 0.25) is 23.6 Å². The van der Waals surface area contributed by atoms with Crippen molar-refractivity contribution in [1.29, 1.82) is 0 Å². The van der Waals surface area contributed by atoms with E-state index >= 15 is 0 Å². The third-order valence-electron chi connectivity index (χ3n) is 3.47. The Morgan fingerprint density at radius 3 is 1.37 bits per heavy atom. The first-order chi connectivity index (χ1) is 12.4. The van der Waals surface area contributed by atoms with Gasteiger partial charge in [-0.05, 0) is 27.7 Å². The first-order valence-electron chi connectivity index (χ1n) is 8.21. The molecule has 5 atom stereocenters. The molecular formula is C15H27N5O7. The molecule has 0 fully saturated rings. The zero-order valence-corrected chi connectivity index (χ0v) is 15.6. The molecule has 0 aliphatic carbocycles. The highest BCUT2D eigenvalue weighted by Crippen LogP contribution is 1.92. The van der Waals surface area contributed by atoms with E-state index in [2.05, 4.69) is 21.3 Å². The lowest BCUT2D eigenvalue weighted by Crippen LogP contribution is -2.56. The van der Waals surface area contributed by atoms with Gasteiger partial charge >= 0.3 is 5.97 Å². The summed E-state index contributed by atoms with van der Waals surface area (Å²) in [5, 5.41) is 26.7. The monoisotopic (exact) mass is 389 g/mol. The van der Waals surface area contributed by atoms with Crippen LogP contribution in [0.1, 0.15) is 27.7 Å². The van der Waals surface area contributed by atoms with E-state index in [0.717, 1.165) is 0 Å². The van der Waals surface area contributed by atoms with E-state index in [9.17, 15) is 24.0 Å². The normalized spacial score (nSPS) is 16.1. The van der Waals surface area contributed by atoms with Gasteiger partial charge < -0.3 is 37.2 Å². The van der Waals surface area contributed by atoms with Gasteiger partial charge in [-0.25, -0.2) is 4.79 Å². The number of amides is 4. The van der Waals surface area contributed by atoms with E-state index in [1.165, 1.54) is 27.7 Å². The van der Waals surface area contributed by atoms with Crippen LogP contribution in [0.3, 0.4) is 0 Å². The summed E-state index contributed by atoms with van der Waals surface area (Å²) >= 11 is 0. The second-order valence-corrected chi connectivity index (χ2v) is 6.06. The van der Waals surface area contributed by atoms with E-state index in [1.807, 2.05) is 0 Å². The summed E-state index contributed by atoms with van der Waals surface area (Å²) in [6, 6.07) is -5.37. The van der Waals surface area contributed by atoms with Crippen molar-refractivity contribution in [3.05, 3.63) is 0 Å². The third-order valence-corrected chi connectivity index (χ3v) is 3.47. The largest absolute Gasteiger partial charge is 0.480 e. The topological polar surface area (TPSA) is 200 Å². The molecule has 0 heterocycles. The predicted octanol–water partition coefficient (Wildman–Crippen LogP) is -3.59. The Morgan fingerprint density at radius 2 is 1.07 bits per heavy atom. The molecule has 0 spiro atoms. The van der Waals surface area contributed by atoms with Gasteiger partial charge in [-0.15, -0.1) is 0 Å². The fourth-order valence-corrected chi connectivity index (χ4v) is 1.70. The van der Waals surface area contributed by atoms with Gasteiger partial charge in [-0.3, -0.25) is 19.2 Å². The number of aliphatic hydroxyl groups excluding tert-OH is 1. The van der Waals surface area contributed by atoms with E-state index in [4.69, 9.17) is 15.9 Å². The van der Waals surface area contributed by atoms with Crippen LogP contribution in [0, 0.1) is 0 Å². The molecule has 0 saturated carbocycles. The van der Waals surface area contributed by atoms with Crippen LogP contribution in [0.25, 0.3) is 0 Å². The quantitative estimate of drug-likeness (QED) is 0.199. The molecule has 0 saturated heterocycles. The number of carbonyl (C=O) groups excluding carboxylic acids is 4. The van der Waals surface area contributed by atoms with E-state index in [1.54, 1.807) is 0 Å². The van der Waals surface area contributed by atoms with Crippen LogP contribution in [0.2, 0.25) is 0 Å². The Morgan fingerprint density at radius 1 is 0.741 bits per heavy atom. The number of nitrogens with one attached hydrogen (secondary N) is 4. The fraction of sp³-hybridized carbons (Fsp3) is 0.667. The highest BCUT2D eigenvalue weighted by Gasteiger charge is 2.26. The average Bonchev–Trinajstić information content (AvgIpc) is 2.58. The molecule has 27 heavy (non-hydrogen) atoms. The van der Waals surface area contributed by atoms with Crippen LogP contribution in [-0.4, -0.2) is 76.6 Å². The van der Waals surface area contributed by atoms with Crippen LogP contribution in [0.15, 0.2) is 0 Å². The lowest BCUT2D eigenvalue weighted by molar-refractivity contribution is -0.143. The second kappa shape index (κ2) is 11.1. The Hall–Kier alpha value is -2.73. The van der Waals surface area contributed by atoms with Crippen molar-refractivity contribution < 1.29 is 34.2 Å². The lowest BCUT2D eigenvalue weighted by Gasteiger charge is -2.21. The predicted molar refractivity (Wildman–Crippen MR) is 93.1 cm³/mol. The summed E-state index contributed by atoms with van der Waals surface area (Å²) in [6.45, 7) is 4.74. The average molecular weight is 389 g/mol. The molecule has 4 amide bonds. The van der Waals surface area contributed by atoms with Crippen molar-refractivity contribution in [1.82, 2.24) is 21.3 Å². The van der Waals surface area contributed by atoms with E-state index < -0.39 is 66.4 Å². The number of carboxylic acids is 1. The van der Waals surface area contributed by atoms with Gasteiger partial charge in [0.15, 0.2) is 0 Å². The van der Waals surface area contributed by atoms with Crippen molar-refractivity contribution in [3.63, 3.8) is 0 Å². The summed E-state index contributed by atoms with van der Waals surface area (Å²) in [7, 11) is 0. The highest BCUT2D eigenvalue weighted by molar-refractivity contribution is 5.94. The minimum absolute atomic E-state index is 0.531. The molecule has 154 valence electrons. The Labute approximate surface area is 156 Å². The van der Waals surface area contributed by atoms with Crippen molar-refractivity contribution in [2.24, 2.45) is 5.73 Å². The zero-order valence-electron chi connectivity index (χ0n) is 15.6. The summed E-state index contributed by atoms with van der Waals surface area (Å²) in [4.78, 5) is 58.1. The maximum absolute atomic E-state index is 12.1. The summed E-state index contributed by atoms with van der Waals surface area (Å²) in [5.74, 6) is -4.10. The number of rotatable bonds is 10. The molecular weight excluding hydrogens is 362 g/mol. The molecule has 0 aromatic carbocycles. The van der Waals surface area contributed by atoms with Crippen molar-refractivity contribution in [2.75, 3.05) is 6.61 Å². The first kappa shape index (κ1) is 24.3. The number of carboxylic acid groups (broad SMARTS) is 1. The molecule has 0 aromatic heterocycles. The number of hydrogen-bond acceptors (Lipinski definition) is 7. The molecule has 0 aliphatic heterocycles. The maximum Gasteiger partial charge on any atom is 0.328 e. The van der Waals surface area contributed by atoms with E-state index in [-0.39, 0.29) is 0 Å². The molecule has 0 radical (unpaired) electrons. The number of aliphatic carboxylic acids is 1. The fourth-order valence-electron chi connectivity index (χ4n) is 1.70. The van der Waals surface area contributed by atoms with Crippen LogP contribution in [0.4, 0.5) is 0 Å². The summed E-state index contributed by atoms with van der Waals surface area (Å²) in [6.07, 6.45) is 0. The second-order valence-electron chi connectivity index (χ2n) is 6.06. The molecule has 8 N–H and O–H groups in total. The maximum atomic E-state index is 12.1. The SMILES string of the molecule is C[C@H](N)C(=O)N[C@@H](C)C(=O)N[C@@H](C)C(=O)N[C@@H](C)C(=O)N[C@@H](CO)C(=O)O. The molecule has 12 nitrogen and oxygen atoms in total. The third kappa shape index (κ3) is 8.46. The van der Waals surface area contributed by atoms with Gasteiger partial charge in [0.05, 0.1) is 12.6 Å². The van der Waals surface area contributed by atoms with Gasteiger partial charge in [-0.1, -0.05) is 0 Å². The van der Waals surface area contributed by atoms with Crippen molar-refractivity contribution >= 4 is 29.6 Å². The smallest absolute Gasteiger partial charge is 0.328 e. The first-order valence-corrected chi connectivity index (χ1v) is 8.21. The van der Waals surface area contributed by atoms with Gasteiger partial charge in [-0.2, -0.15) is 0 Å². The number of nitrogens with two attached hydrogens (primary N) is 1. The highest BCUT2D eigenvalue weighted by atomic mass is 16.4. The summed E-state index contributed by atoms with van der Waals surface area (Å²) < 4.78 is 0. The molecule has 0 bridgehead atoms.